The Morgan fingerprint density at radius 3 is 1.79 bits per heavy atom. The Kier molecular flexibility index (Phi) is 6.27. The lowest BCUT2D eigenvalue weighted by molar-refractivity contribution is -0.143. The molecule has 0 saturated carbocycles. The summed E-state index contributed by atoms with van der Waals surface area (Å²) in [6, 6.07) is 26.9. The van der Waals surface area contributed by atoms with Gasteiger partial charge < -0.3 is 10.2 Å². The van der Waals surface area contributed by atoms with Crippen LogP contribution in [0.25, 0.3) is 0 Å². The molecule has 2 atom stereocenters. The first-order valence-electron chi connectivity index (χ1n) is 11.0. The summed E-state index contributed by atoms with van der Waals surface area (Å²) >= 11 is 0. The molecule has 3 aromatic carbocycles. The Hall–Kier alpha value is -3.93. The summed E-state index contributed by atoms with van der Waals surface area (Å²) in [7, 11) is 0. The van der Waals surface area contributed by atoms with Crippen molar-refractivity contribution < 1.29 is 14.4 Å². The zero-order valence-electron chi connectivity index (χ0n) is 18.8. The molecule has 4 amide bonds. The molecule has 0 bridgehead atoms. The number of rotatable bonds is 7. The highest BCUT2D eigenvalue weighted by molar-refractivity contribution is 6.09. The van der Waals surface area contributed by atoms with Crippen LogP contribution in [0.4, 0.5) is 4.79 Å². The van der Waals surface area contributed by atoms with Crippen LogP contribution in [0.3, 0.4) is 0 Å². The first kappa shape index (κ1) is 22.3. The normalized spacial score (nSPS) is 18.7. The molecule has 0 aliphatic carbocycles. The van der Waals surface area contributed by atoms with Gasteiger partial charge in [0.1, 0.15) is 11.6 Å². The molecule has 1 N–H and O–H groups in total. The average Bonchev–Trinajstić information content (AvgIpc) is 3.08. The minimum Gasteiger partial charge on any atom is -0.332 e. The van der Waals surface area contributed by atoms with Crippen molar-refractivity contribution in [3.63, 3.8) is 0 Å². The molecule has 1 saturated heterocycles. The van der Waals surface area contributed by atoms with E-state index in [9.17, 15) is 14.4 Å². The van der Waals surface area contributed by atoms with Gasteiger partial charge in [-0.1, -0.05) is 91.0 Å². The van der Waals surface area contributed by atoms with Crippen molar-refractivity contribution >= 4 is 17.8 Å². The first-order valence-corrected chi connectivity index (χ1v) is 11.0. The van der Waals surface area contributed by atoms with Crippen LogP contribution in [-0.4, -0.2) is 33.7 Å². The molecular formula is C27H27N3O3. The summed E-state index contributed by atoms with van der Waals surface area (Å²) in [5.74, 6) is -0.720. The second kappa shape index (κ2) is 9.28. The highest BCUT2D eigenvalue weighted by Gasteiger charge is 2.52. The molecule has 1 heterocycles. The average molecular weight is 442 g/mol. The number of carbonyl (C=O) groups excluding carboxylic acids is 3. The number of carbonyl (C=O) groups is 3. The van der Waals surface area contributed by atoms with Crippen LogP contribution in [0.15, 0.2) is 91.0 Å². The summed E-state index contributed by atoms with van der Waals surface area (Å²) in [5, 5.41) is 2.79. The van der Waals surface area contributed by atoms with E-state index < -0.39 is 23.5 Å². The second-order valence-corrected chi connectivity index (χ2v) is 8.44. The number of hydrogen-bond acceptors (Lipinski definition) is 3. The Balaban J connectivity index is 1.60. The minimum atomic E-state index is -1.21. The lowest BCUT2D eigenvalue weighted by atomic mass is 9.92. The molecule has 168 valence electrons. The van der Waals surface area contributed by atoms with Crippen molar-refractivity contribution in [1.29, 1.82) is 0 Å². The summed E-state index contributed by atoms with van der Waals surface area (Å²) in [6.45, 7) is 4.03. The number of imide groups is 1. The predicted octanol–water partition coefficient (Wildman–Crippen LogP) is 4.07. The predicted molar refractivity (Wildman–Crippen MR) is 126 cm³/mol. The highest BCUT2D eigenvalue weighted by Crippen LogP contribution is 2.30. The fourth-order valence-electron chi connectivity index (χ4n) is 4.17. The molecule has 0 unspecified atom stereocenters. The Morgan fingerprint density at radius 1 is 0.848 bits per heavy atom. The van der Waals surface area contributed by atoms with E-state index in [1.54, 1.807) is 30.9 Å². The van der Waals surface area contributed by atoms with Crippen molar-refractivity contribution in [2.75, 3.05) is 0 Å². The lowest BCUT2D eigenvalue weighted by Crippen LogP contribution is -2.50. The van der Waals surface area contributed by atoms with Gasteiger partial charge in [-0.3, -0.25) is 9.59 Å². The SMILES string of the molecule is C[C@@H](C(=O)N(Cc1ccccc1)Cc1ccccc1)N1C(=O)N[C@@](C)(c2ccccc2)C1=O. The van der Waals surface area contributed by atoms with E-state index in [2.05, 4.69) is 5.32 Å². The van der Waals surface area contributed by atoms with Gasteiger partial charge in [0, 0.05) is 13.1 Å². The van der Waals surface area contributed by atoms with Crippen LogP contribution in [0.1, 0.15) is 30.5 Å². The van der Waals surface area contributed by atoms with Gasteiger partial charge in [-0.2, -0.15) is 0 Å². The molecule has 6 nitrogen and oxygen atoms in total. The Bertz CT molecular complexity index is 1090. The smallest absolute Gasteiger partial charge is 0.326 e. The fraction of sp³-hybridized carbons (Fsp3) is 0.222. The van der Waals surface area contributed by atoms with Crippen LogP contribution < -0.4 is 5.32 Å². The van der Waals surface area contributed by atoms with Crippen LogP contribution in [0.2, 0.25) is 0 Å². The monoisotopic (exact) mass is 441 g/mol. The summed E-state index contributed by atoms with van der Waals surface area (Å²) in [6.07, 6.45) is 0. The number of nitrogens with one attached hydrogen (secondary N) is 1. The summed E-state index contributed by atoms with van der Waals surface area (Å²) < 4.78 is 0. The van der Waals surface area contributed by atoms with Gasteiger partial charge in [-0.05, 0) is 30.5 Å². The number of hydrogen-bond donors (Lipinski definition) is 1. The summed E-state index contributed by atoms with van der Waals surface area (Å²) in [4.78, 5) is 42.6. The molecule has 0 aromatic heterocycles. The molecule has 4 rings (SSSR count). The first-order chi connectivity index (χ1) is 15.9. The highest BCUT2D eigenvalue weighted by atomic mass is 16.2. The zero-order valence-corrected chi connectivity index (χ0v) is 18.8. The molecule has 1 aliphatic rings. The number of nitrogens with zero attached hydrogens (tertiary/aromatic N) is 2. The van der Waals surface area contributed by atoms with E-state index in [4.69, 9.17) is 0 Å². The van der Waals surface area contributed by atoms with Gasteiger partial charge in [-0.15, -0.1) is 0 Å². The van der Waals surface area contributed by atoms with Crippen molar-refractivity contribution in [3.8, 4) is 0 Å². The van der Waals surface area contributed by atoms with E-state index in [1.165, 1.54) is 0 Å². The van der Waals surface area contributed by atoms with Crippen molar-refractivity contribution in [3.05, 3.63) is 108 Å². The molecule has 6 heteroatoms. The van der Waals surface area contributed by atoms with Gasteiger partial charge in [0.05, 0.1) is 0 Å². The molecule has 3 aromatic rings. The molecule has 33 heavy (non-hydrogen) atoms. The van der Waals surface area contributed by atoms with Crippen molar-refractivity contribution in [1.82, 2.24) is 15.1 Å². The van der Waals surface area contributed by atoms with E-state index >= 15 is 0 Å². The third-order valence-corrected chi connectivity index (χ3v) is 6.06. The van der Waals surface area contributed by atoms with E-state index in [1.807, 2.05) is 78.9 Å². The fourth-order valence-corrected chi connectivity index (χ4v) is 4.17. The van der Waals surface area contributed by atoms with Gasteiger partial charge in [0.2, 0.25) is 5.91 Å². The van der Waals surface area contributed by atoms with Crippen LogP contribution in [0, 0.1) is 0 Å². The Labute approximate surface area is 193 Å². The standard InChI is InChI=1S/C27H27N3O3/c1-20(30-25(32)27(2,28-26(30)33)23-16-10-5-11-17-23)24(31)29(18-21-12-6-3-7-13-21)19-22-14-8-4-9-15-22/h3-17,20H,18-19H2,1-2H3,(H,28,33)/t20-,27-/m0/s1. The minimum absolute atomic E-state index is 0.288. The van der Waals surface area contributed by atoms with Gasteiger partial charge >= 0.3 is 6.03 Å². The van der Waals surface area contributed by atoms with Crippen LogP contribution >= 0.6 is 0 Å². The molecular weight excluding hydrogens is 414 g/mol. The largest absolute Gasteiger partial charge is 0.332 e. The number of urea groups is 1. The second-order valence-electron chi connectivity index (χ2n) is 8.44. The molecule has 1 aliphatic heterocycles. The third-order valence-electron chi connectivity index (χ3n) is 6.06. The number of benzene rings is 3. The van der Waals surface area contributed by atoms with E-state index in [0.717, 1.165) is 16.0 Å². The number of amides is 4. The lowest BCUT2D eigenvalue weighted by Gasteiger charge is -2.30. The third kappa shape index (κ3) is 4.51. The maximum absolute atomic E-state index is 13.6. The van der Waals surface area contributed by atoms with Crippen molar-refractivity contribution in [2.24, 2.45) is 0 Å². The van der Waals surface area contributed by atoms with E-state index in [-0.39, 0.29) is 5.91 Å². The summed E-state index contributed by atoms with van der Waals surface area (Å²) in [5.41, 5.74) is 1.41. The van der Waals surface area contributed by atoms with Gasteiger partial charge in [0.25, 0.3) is 5.91 Å². The quantitative estimate of drug-likeness (QED) is 0.562. The maximum atomic E-state index is 13.6. The van der Waals surface area contributed by atoms with Crippen molar-refractivity contribution in [2.45, 2.75) is 38.5 Å². The molecule has 1 fully saturated rings. The maximum Gasteiger partial charge on any atom is 0.326 e. The van der Waals surface area contributed by atoms with E-state index in [0.29, 0.717) is 18.7 Å². The molecule has 0 spiro atoms. The van der Waals surface area contributed by atoms with Gasteiger partial charge in [-0.25, -0.2) is 9.69 Å². The topological polar surface area (TPSA) is 69.7 Å². The Morgan fingerprint density at radius 2 is 1.30 bits per heavy atom. The molecule has 0 radical (unpaired) electrons. The van der Waals surface area contributed by atoms with Gasteiger partial charge in [0.15, 0.2) is 0 Å². The zero-order chi connectivity index (χ0) is 23.4. The van der Waals surface area contributed by atoms with Crippen LogP contribution in [0.5, 0.6) is 0 Å². The van der Waals surface area contributed by atoms with Crippen LogP contribution in [-0.2, 0) is 28.2 Å².